The van der Waals surface area contributed by atoms with Gasteiger partial charge in [0, 0.05) is 12.1 Å². The second-order valence-corrected chi connectivity index (χ2v) is 4.61. The molecule has 1 aromatic heterocycles. The number of rotatable bonds is 7. The van der Waals surface area contributed by atoms with E-state index in [2.05, 4.69) is 10.4 Å². The molecule has 0 radical (unpaired) electrons. The Morgan fingerprint density at radius 2 is 2.10 bits per heavy atom. The zero-order chi connectivity index (χ0) is 15.2. The van der Waals surface area contributed by atoms with Gasteiger partial charge in [0.1, 0.15) is 5.75 Å². The Kier molecular flexibility index (Phi) is 4.94. The Morgan fingerprint density at radius 1 is 1.38 bits per heavy atom. The van der Waals surface area contributed by atoms with Gasteiger partial charge >= 0.3 is 5.97 Å². The van der Waals surface area contributed by atoms with Crippen molar-refractivity contribution < 1.29 is 14.6 Å². The average Bonchev–Trinajstić information content (AvgIpc) is 2.88. The zero-order valence-electron chi connectivity index (χ0n) is 12.2. The molecule has 1 aromatic carbocycles. The molecule has 2 rings (SSSR count). The Hall–Kier alpha value is -2.34. The lowest BCUT2D eigenvalue weighted by atomic mass is 10.2. The number of hydrogen-bond acceptors (Lipinski definition) is 4. The van der Waals surface area contributed by atoms with Crippen LogP contribution in [0.2, 0.25) is 0 Å². The number of ether oxygens (including phenoxy) is 1. The van der Waals surface area contributed by atoms with Crippen LogP contribution in [0.4, 0.5) is 0 Å². The zero-order valence-corrected chi connectivity index (χ0v) is 12.2. The number of methoxy groups -OCH3 is 1. The van der Waals surface area contributed by atoms with Gasteiger partial charge in [-0.25, -0.2) is 4.79 Å². The molecular formula is C15H19N3O3. The molecule has 2 aromatic rings. The van der Waals surface area contributed by atoms with E-state index in [1.165, 1.54) is 4.68 Å². The maximum Gasteiger partial charge on any atom is 0.354 e. The summed E-state index contributed by atoms with van der Waals surface area (Å²) < 4.78 is 6.62. The van der Waals surface area contributed by atoms with Crippen molar-refractivity contribution in [1.82, 2.24) is 15.1 Å². The molecule has 0 aliphatic heterocycles. The van der Waals surface area contributed by atoms with Crippen molar-refractivity contribution in [3.63, 3.8) is 0 Å². The fourth-order valence-corrected chi connectivity index (χ4v) is 2.08. The van der Waals surface area contributed by atoms with E-state index in [1.807, 2.05) is 31.2 Å². The van der Waals surface area contributed by atoms with Gasteiger partial charge in [0.2, 0.25) is 0 Å². The largest absolute Gasteiger partial charge is 0.497 e. The highest BCUT2D eigenvalue weighted by molar-refractivity contribution is 5.87. The third-order valence-electron chi connectivity index (χ3n) is 3.17. The fourth-order valence-electron chi connectivity index (χ4n) is 2.08. The quantitative estimate of drug-likeness (QED) is 0.812. The molecule has 0 bridgehead atoms. The van der Waals surface area contributed by atoms with Crippen molar-refractivity contribution in [2.75, 3.05) is 13.7 Å². The van der Waals surface area contributed by atoms with Crippen molar-refractivity contribution in [2.24, 2.45) is 0 Å². The summed E-state index contributed by atoms with van der Waals surface area (Å²) in [6.45, 7) is 3.67. The van der Waals surface area contributed by atoms with Crippen molar-refractivity contribution in [3.05, 3.63) is 47.3 Å². The molecule has 6 nitrogen and oxygen atoms in total. The lowest BCUT2D eigenvalue weighted by molar-refractivity contribution is 0.0682. The molecule has 1 heterocycles. The number of aromatic carboxylic acids is 1. The van der Waals surface area contributed by atoms with Gasteiger partial charge in [0.25, 0.3) is 0 Å². The third kappa shape index (κ3) is 3.61. The minimum Gasteiger partial charge on any atom is -0.497 e. The summed E-state index contributed by atoms with van der Waals surface area (Å²) in [6, 6.07) is 7.49. The molecule has 0 saturated carbocycles. The van der Waals surface area contributed by atoms with Crippen LogP contribution < -0.4 is 10.1 Å². The second-order valence-electron chi connectivity index (χ2n) is 4.61. The lowest BCUT2D eigenvalue weighted by Gasteiger charge is -2.07. The molecule has 0 atom stereocenters. The maximum absolute atomic E-state index is 11.4. The number of nitrogens with one attached hydrogen (secondary N) is 1. The molecule has 0 unspecified atom stereocenters. The minimum absolute atomic E-state index is 0.228. The summed E-state index contributed by atoms with van der Waals surface area (Å²) in [5, 5.41) is 16.7. The predicted molar refractivity (Wildman–Crippen MR) is 78.7 cm³/mol. The van der Waals surface area contributed by atoms with Gasteiger partial charge < -0.3 is 15.2 Å². The highest BCUT2D eigenvalue weighted by Crippen LogP contribution is 2.15. The summed E-state index contributed by atoms with van der Waals surface area (Å²) in [7, 11) is 1.61. The highest BCUT2D eigenvalue weighted by Gasteiger charge is 2.17. The van der Waals surface area contributed by atoms with Gasteiger partial charge in [-0.15, -0.1) is 0 Å². The summed E-state index contributed by atoms with van der Waals surface area (Å²) in [5.41, 5.74) is 1.89. The Balaban J connectivity index is 2.22. The molecule has 2 N–H and O–H groups in total. The first-order valence-corrected chi connectivity index (χ1v) is 6.77. The van der Waals surface area contributed by atoms with Gasteiger partial charge in [0.15, 0.2) is 5.69 Å². The van der Waals surface area contributed by atoms with Crippen LogP contribution in [0.15, 0.2) is 30.5 Å². The van der Waals surface area contributed by atoms with Crippen molar-refractivity contribution in [1.29, 1.82) is 0 Å². The summed E-state index contributed by atoms with van der Waals surface area (Å²) >= 11 is 0. The van der Waals surface area contributed by atoms with Gasteiger partial charge in [-0.1, -0.05) is 19.1 Å². The van der Waals surface area contributed by atoms with Crippen LogP contribution in [0.3, 0.4) is 0 Å². The average molecular weight is 289 g/mol. The van der Waals surface area contributed by atoms with Crippen LogP contribution in [-0.4, -0.2) is 34.5 Å². The molecule has 6 heteroatoms. The standard InChI is InChI=1S/C15H19N3O3/c1-3-16-8-12-9-17-18(14(12)15(19)20)10-11-4-6-13(21-2)7-5-11/h4-7,9,16H,3,8,10H2,1-2H3,(H,19,20). The van der Waals surface area contributed by atoms with E-state index in [4.69, 9.17) is 4.74 Å². The van der Waals surface area contributed by atoms with Gasteiger partial charge in [-0.2, -0.15) is 5.10 Å². The number of benzene rings is 1. The molecule has 0 aliphatic rings. The molecule has 0 saturated heterocycles. The highest BCUT2D eigenvalue weighted by atomic mass is 16.5. The van der Waals surface area contributed by atoms with Crippen LogP contribution in [0, 0.1) is 0 Å². The maximum atomic E-state index is 11.4. The molecule has 0 spiro atoms. The molecule has 0 amide bonds. The topological polar surface area (TPSA) is 76.4 Å². The monoisotopic (exact) mass is 289 g/mol. The Bertz CT molecular complexity index is 605. The van der Waals surface area contributed by atoms with Gasteiger partial charge in [0.05, 0.1) is 19.9 Å². The molecule has 0 aliphatic carbocycles. The van der Waals surface area contributed by atoms with Crippen LogP contribution in [0.1, 0.15) is 28.5 Å². The number of carbonyl (C=O) groups is 1. The Labute approximate surface area is 123 Å². The van der Waals surface area contributed by atoms with Crippen LogP contribution in [0.25, 0.3) is 0 Å². The van der Waals surface area contributed by atoms with Crippen molar-refractivity contribution >= 4 is 5.97 Å². The smallest absolute Gasteiger partial charge is 0.354 e. The van der Waals surface area contributed by atoms with Gasteiger partial charge in [-0.05, 0) is 24.2 Å². The van der Waals surface area contributed by atoms with E-state index in [9.17, 15) is 9.90 Å². The van der Waals surface area contributed by atoms with Crippen molar-refractivity contribution in [2.45, 2.75) is 20.0 Å². The van der Waals surface area contributed by atoms with Crippen LogP contribution in [0.5, 0.6) is 5.75 Å². The normalized spacial score (nSPS) is 10.6. The first kappa shape index (κ1) is 15.1. The predicted octanol–water partition coefficient (Wildman–Crippen LogP) is 1.75. The van der Waals surface area contributed by atoms with Crippen LogP contribution in [-0.2, 0) is 13.1 Å². The van der Waals surface area contributed by atoms with Crippen LogP contribution >= 0.6 is 0 Å². The molecule has 21 heavy (non-hydrogen) atoms. The number of nitrogens with zero attached hydrogens (tertiary/aromatic N) is 2. The van der Waals surface area contributed by atoms with E-state index in [0.717, 1.165) is 17.9 Å². The SMILES string of the molecule is CCNCc1cnn(Cc2ccc(OC)cc2)c1C(=O)O. The molecule has 0 fully saturated rings. The third-order valence-corrected chi connectivity index (χ3v) is 3.17. The van der Waals surface area contributed by atoms with E-state index < -0.39 is 5.97 Å². The van der Waals surface area contributed by atoms with E-state index in [0.29, 0.717) is 18.7 Å². The molecular weight excluding hydrogens is 270 g/mol. The van der Waals surface area contributed by atoms with E-state index >= 15 is 0 Å². The lowest BCUT2D eigenvalue weighted by Crippen LogP contribution is -2.17. The number of aromatic nitrogens is 2. The van der Waals surface area contributed by atoms with Crippen molar-refractivity contribution in [3.8, 4) is 5.75 Å². The Morgan fingerprint density at radius 3 is 2.67 bits per heavy atom. The minimum atomic E-state index is -0.964. The number of carboxylic acid groups (broad SMARTS) is 1. The molecule has 112 valence electrons. The first-order chi connectivity index (χ1) is 10.2. The van der Waals surface area contributed by atoms with E-state index in [-0.39, 0.29) is 5.69 Å². The summed E-state index contributed by atoms with van der Waals surface area (Å²) in [6.07, 6.45) is 1.61. The number of carboxylic acids is 1. The fraction of sp³-hybridized carbons (Fsp3) is 0.333. The second kappa shape index (κ2) is 6.90. The van der Waals surface area contributed by atoms with Gasteiger partial charge in [-0.3, -0.25) is 4.68 Å². The summed E-state index contributed by atoms with van der Waals surface area (Å²) in [4.78, 5) is 11.4. The first-order valence-electron chi connectivity index (χ1n) is 6.77. The summed E-state index contributed by atoms with van der Waals surface area (Å²) in [5.74, 6) is -0.195. The van der Waals surface area contributed by atoms with E-state index in [1.54, 1.807) is 13.3 Å². The number of hydrogen-bond donors (Lipinski definition) is 2.